The number of hydrogen-bond donors (Lipinski definition) is 2. The fourth-order valence-electron chi connectivity index (χ4n) is 7.73. The molecule has 5 aromatic rings. The molecule has 0 saturated carbocycles. The lowest BCUT2D eigenvalue weighted by atomic mass is 9.89. The van der Waals surface area contributed by atoms with Crippen molar-refractivity contribution < 1.29 is 9.84 Å². The molecule has 2 aliphatic heterocycles. The molecule has 0 radical (unpaired) electrons. The topological polar surface area (TPSA) is 122 Å². The highest BCUT2D eigenvalue weighted by Crippen LogP contribution is 2.31. The number of aliphatic hydroxyl groups excluding tert-OH is 1. The van der Waals surface area contributed by atoms with Gasteiger partial charge in [0.2, 0.25) is 0 Å². The van der Waals surface area contributed by atoms with Crippen LogP contribution in [0.5, 0.6) is 0 Å². The number of ether oxygens (including phenoxy) is 1. The quantitative estimate of drug-likeness (QED) is 0.263. The summed E-state index contributed by atoms with van der Waals surface area (Å²) in [5.41, 5.74) is 5.87. The molecule has 0 spiro atoms. The monoisotopic (exact) mass is 696 g/mol. The predicted molar refractivity (Wildman–Crippen MR) is 199 cm³/mol. The molecule has 3 aliphatic rings. The summed E-state index contributed by atoms with van der Waals surface area (Å²) in [5, 5.41) is 13.9. The molecule has 0 amide bonds. The minimum Gasteiger partial charge on any atom is -0.392 e. The first-order valence-electron chi connectivity index (χ1n) is 17.1. The maximum absolute atomic E-state index is 13.8. The van der Waals surface area contributed by atoms with Crippen LogP contribution in [0.25, 0.3) is 22.5 Å². The average molecular weight is 697 g/mol. The first kappa shape index (κ1) is 34.0. The van der Waals surface area contributed by atoms with E-state index >= 15 is 0 Å². The molecule has 1 unspecified atom stereocenters. The number of piperazine rings is 1. The summed E-state index contributed by atoms with van der Waals surface area (Å²) in [6.45, 7) is 8.68. The van der Waals surface area contributed by atoms with Crippen LogP contribution in [0.3, 0.4) is 0 Å². The van der Waals surface area contributed by atoms with Gasteiger partial charge in [-0.15, -0.1) is 0 Å². The highest BCUT2D eigenvalue weighted by molar-refractivity contribution is 7.59. The SMILES string of the molecule is CC1CCc2c(cc3c(=O)n(-c4nccc(-c5cc(Nc6ccc(N7CCN(C8COC8)C[C@@H]7C)cn6)c(=O)n(C)c5)c4CO)ccn23)C1.S. The van der Waals surface area contributed by atoms with Gasteiger partial charge < -0.3 is 29.0 Å². The van der Waals surface area contributed by atoms with Gasteiger partial charge in [-0.25, -0.2) is 9.97 Å². The Morgan fingerprint density at radius 3 is 2.60 bits per heavy atom. The van der Waals surface area contributed by atoms with Gasteiger partial charge in [0.15, 0.2) is 0 Å². The van der Waals surface area contributed by atoms with Crippen molar-refractivity contribution in [2.24, 2.45) is 13.0 Å². The molecule has 2 atom stereocenters. The van der Waals surface area contributed by atoms with Crippen LogP contribution in [0.2, 0.25) is 0 Å². The van der Waals surface area contributed by atoms with Crippen molar-refractivity contribution in [3.8, 4) is 16.9 Å². The number of anilines is 3. The van der Waals surface area contributed by atoms with E-state index in [0.29, 0.717) is 57.5 Å². The Bertz CT molecular complexity index is 2160. The van der Waals surface area contributed by atoms with E-state index in [-0.39, 0.29) is 31.2 Å². The number of nitrogens with zero attached hydrogens (tertiary/aromatic N) is 7. The van der Waals surface area contributed by atoms with Crippen LogP contribution < -0.4 is 21.3 Å². The zero-order valence-electron chi connectivity index (χ0n) is 28.7. The molecule has 8 rings (SSSR count). The Labute approximate surface area is 297 Å². The molecule has 5 aromatic heterocycles. The van der Waals surface area contributed by atoms with E-state index in [2.05, 4.69) is 38.9 Å². The van der Waals surface area contributed by atoms with Crippen molar-refractivity contribution >= 4 is 36.2 Å². The number of hydrogen-bond acceptors (Lipinski definition) is 9. The van der Waals surface area contributed by atoms with Crippen molar-refractivity contribution in [3.05, 3.63) is 98.8 Å². The van der Waals surface area contributed by atoms with Crippen LogP contribution in [0.4, 0.5) is 17.2 Å². The first-order valence-corrected chi connectivity index (χ1v) is 17.1. The Hall–Kier alpha value is -4.43. The van der Waals surface area contributed by atoms with Gasteiger partial charge >= 0.3 is 0 Å². The lowest BCUT2D eigenvalue weighted by molar-refractivity contribution is -0.0691. The van der Waals surface area contributed by atoms with Crippen LogP contribution in [-0.2, 0) is 31.2 Å². The van der Waals surface area contributed by atoms with Crippen molar-refractivity contribution in [1.29, 1.82) is 0 Å². The number of aryl methyl sites for hydroxylation is 2. The third-order valence-electron chi connectivity index (χ3n) is 10.5. The first-order chi connectivity index (χ1) is 23.8. The van der Waals surface area contributed by atoms with Gasteiger partial charge in [0.25, 0.3) is 11.1 Å². The Morgan fingerprint density at radius 2 is 1.88 bits per heavy atom. The van der Waals surface area contributed by atoms with E-state index in [9.17, 15) is 14.7 Å². The predicted octanol–water partition coefficient (Wildman–Crippen LogP) is 3.63. The largest absolute Gasteiger partial charge is 0.392 e. The summed E-state index contributed by atoms with van der Waals surface area (Å²) in [5.74, 6) is 1.50. The second-order valence-corrected chi connectivity index (χ2v) is 13.8. The van der Waals surface area contributed by atoms with Gasteiger partial charge in [-0.3, -0.25) is 19.1 Å². The van der Waals surface area contributed by atoms with Crippen LogP contribution >= 0.6 is 13.5 Å². The maximum atomic E-state index is 13.8. The Balaban J connectivity index is 0.00000392. The number of pyridine rings is 3. The molecule has 2 N–H and O–H groups in total. The Morgan fingerprint density at radius 1 is 1.04 bits per heavy atom. The average Bonchev–Trinajstić information content (AvgIpc) is 3.45. The van der Waals surface area contributed by atoms with Gasteiger partial charge in [0, 0.05) is 74.3 Å². The van der Waals surface area contributed by atoms with Gasteiger partial charge in [-0.1, -0.05) is 6.92 Å². The van der Waals surface area contributed by atoms with Crippen LogP contribution in [0.15, 0.2) is 70.9 Å². The minimum absolute atomic E-state index is 0. The molecular weight excluding hydrogens is 653 g/mol. The molecular formula is C37H44N8O4S. The number of fused-ring (bicyclic) bond motifs is 3. The third-order valence-corrected chi connectivity index (χ3v) is 10.5. The van der Waals surface area contributed by atoms with E-state index in [0.717, 1.165) is 57.8 Å². The standard InChI is InChI=1S/C37H42N8O4.H2S/c1-23-4-6-32-25(14-23)16-33-37(48)45(13-12-44(32)33)35-30(20-46)29(8-9-38-35)26-15-31(36(47)41(3)19-26)40-34-7-5-27(17-39-34)43-11-10-42(18-24(43)2)28-21-49-22-28;/h5,7-9,12-13,15-17,19,23-24,28,46H,4,6,10-11,14,18,20-22H2,1-3H3,(H,39,40);1H2/t23?,24-;/m0./s1. The molecule has 1 aliphatic carbocycles. The van der Waals surface area contributed by atoms with E-state index < -0.39 is 0 Å². The number of aromatic nitrogens is 5. The van der Waals surface area contributed by atoms with E-state index in [1.54, 1.807) is 37.8 Å². The summed E-state index contributed by atoms with van der Waals surface area (Å²) in [6.07, 6.45) is 11.9. The summed E-state index contributed by atoms with van der Waals surface area (Å²) in [4.78, 5) is 41.2. The van der Waals surface area contributed by atoms with Gasteiger partial charge in [0.1, 0.15) is 22.8 Å². The molecule has 0 aromatic carbocycles. The Kier molecular flexibility index (Phi) is 9.33. The number of aliphatic hydroxyl groups is 1. The summed E-state index contributed by atoms with van der Waals surface area (Å²) in [6, 6.07) is 10.4. The maximum Gasteiger partial charge on any atom is 0.280 e. The third kappa shape index (κ3) is 6.02. The smallest absolute Gasteiger partial charge is 0.280 e. The normalized spacial score (nSPS) is 19.6. The summed E-state index contributed by atoms with van der Waals surface area (Å²) >= 11 is 0. The second-order valence-electron chi connectivity index (χ2n) is 13.8. The molecule has 12 nitrogen and oxygen atoms in total. The van der Waals surface area contributed by atoms with Crippen LogP contribution in [-0.4, -0.2) is 78.4 Å². The van der Waals surface area contributed by atoms with Crippen molar-refractivity contribution in [2.75, 3.05) is 43.1 Å². The zero-order chi connectivity index (χ0) is 33.8. The highest BCUT2D eigenvalue weighted by Gasteiger charge is 2.32. The van der Waals surface area contributed by atoms with Gasteiger partial charge in [-0.2, -0.15) is 13.5 Å². The van der Waals surface area contributed by atoms with Crippen molar-refractivity contribution in [2.45, 2.75) is 51.8 Å². The summed E-state index contributed by atoms with van der Waals surface area (Å²) < 4.78 is 10.4. The van der Waals surface area contributed by atoms with Crippen LogP contribution in [0.1, 0.15) is 37.1 Å². The molecule has 2 fully saturated rings. The fraction of sp³-hybridized carbons (Fsp3) is 0.405. The highest BCUT2D eigenvalue weighted by atomic mass is 32.1. The van der Waals surface area contributed by atoms with Crippen LogP contribution in [0, 0.1) is 5.92 Å². The zero-order valence-corrected chi connectivity index (χ0v) is 29.7. The number of nitrogens with one attached hydrogen (secondary N) is 1. The fourth-order valence-corrected chi connectivity index (χ4v) is 7.73. The minimum atomic E-state index is -0.346. The molecule has 0 bridgehead atoms. The molecule has 13 heteroatoms. The lowest BCUT2D eigenvalue weighted by Gasteiger charge is -2.46. The molecule has 50 heavy (non-hydrogen) atoms. The van der Waals surface area contributed by atoms with E-state index in [1.165, 1.54) is 20.4 Å². The van der Waals surface area contributed by atoms with Crippen molar-refractivity contribution in [1.82, 2.24) is 28.4 Å². The summed E-state index contributed by atoms with van der Waals surface area (Å²) in [7, 11) is 1.69. The number of rotatable bonds is 7. The van der Waals surface area contributed by atoms with E-state index in [4.69, 9.17) is 4.74 Å². The van der Waals surface area contributed by atoms with Crippen molar-refractivity contribution in [3.63, 3.8) is 0 Å². The van der Waals surface area contributed by atoms with Gasteiger partial charge in [0.05, 0.1) is 37.7 Å². The molecule has 262 valence electrons. The van der Waals surface area contributed by atoms with E-state index in [1.807, 2.05) is 35.0 Å². The second kappa shape index (κ2) is 13.7. The molecule has 2 saturated heterocycles. The lowest BCUT2D eigenvalue weighted by Crippen LogP contribution is -2.59. The molecule has 7 heterocycles. The van der Waals surface area contributed by atoms with Gasteiger partial charge in [-0.05, 0) is 73.6 Å².